The Balaban J connectivity index is 2.32. The van der Waals surface area contributed by atoms with E-state index in [1.165, 1.54) is 11.9 Å². The average Bonchev–Trinajstić information content (AvgIpc) is 2.43. The Kier molecular flexibility index (Phi) is 7.58. The number of hydrogen-bond acceptors (Lipinski definition) is 4. The Morgan fingerprint density at radius 3 is 2.55 bits per heavy atom. The zero-order valence-corrected chi connectivity index (χ0v) is 13.3. The lowest BCUT2D eigenvalue weighted by Crippen LogP contribution is -2.50. The summed E-state index contributed by atoms with van der Waals surface area (Å²) in [6.45, 7) is 1.64. The monoisotopic (exact) mass is 325 g/mol. The number of hydrogen-bond donors (Lipinski definition) is 2. The summed E-state index contributed by atoms with van der Waals surface area (Å²) >= 11 is 0. The Bertz CT molecular complexity index is 339. The number of alkyl halides is 3. The Hall–Kier alpha value is -0.860. The van der Waals surface area contributed by atoms with Crippen LogP contribution in [0.3, 0.4) is 0 Å². The summed E-state index contributed by atoms with van der Waals surface area (Å²) < 4.78 is 41.8. The van der Waals surface area contributed by atoms with E-state index in [-0.39, 0.29) is 5.91 Å². The van der Waals surface area contributed by atoms with Gasteiger partial charge in [0.1, 0.15) is 0 Å². The van der Waals surface area contributed by atoms with Crippen molar-refractivity contribution in [3.63, 3.8) is 0 Å². The van der Waals surface area contributed by atoms with Gasteiger partial charge in [0.05, 0.1) is 18.6 Å². The number of nitrogens with one attached hydrogen (secondary N) is 2. The van der Waals surface area contributed by atoms with Gasteiger partial charge >= 0.3 is 6.18 Å². The van der Waals surface area contributed by atoms with Crippen LogP contribution in [0.5, 0.6) is 0 Å². The molecule has 0 bridgehead atoms. The van der Waals surface area contributed by atoms with Crippen molar-refractivity contribution >= 4 is 5.91 Å². The summed E-state index contributed by atoms with van der Waals surface area (Å²) in [6, 6.07) is 0. The van der Waals surface area contributed by atoms with Crippen LogP contribution in [0.4, 0.5) is 13.2 Å². The number of carbonyl (C=O) groups is 1. The SMILES string of the molecule is COCC1(C(=O)NCCCN(C)CC(F)(F)F)CCNCC1. The van der Waals surface area contributed by atoms with Gasteiger partial charge in [-0.2, -0.15) is 13.2 Å². The summed E-state index contributed by atoms with van der Waals surface area (Å²) in [5.74, 6) is -0.0608. The number of piperidine rings is 1. The van der Waals surface area contributed by atoms with Gasteiger partial charge in [0.25, 0.3) is 0 Å². The fourth-order valence-corrected chi connectivity index (χ4v) is 2.74. The fraction of sp³-hybridized carbons (Fsp3) is 0.929. The molecule has 0 aromatic heterocycles. The highest BCUT2D eigenvalue weighted by Gasteiger charge is 2.39. The third-order valence-electron chi connectivity index (χ3n) is 3.91. The van der Waals surface area contributed by atoms with E-state index in [0.29, 0.717) is 39.0 Å². The molecule has 1 saturated heterocycles. The molecule has 0 aromatic rings. The smallest absolute Gasteiger partial charge is 0.384 e. The molecule has 0 saturated carbocycles. The molecule has 0 aromatic carbocycles. The minimum absolute atomic E-state index is 0.0608. The van der Waals surface area contributed by atoms with Gasteiger partial charge in [0.15, 0.2) is 0 Å². The van der Waals surface area contributed by atoms with Crippen LogP contribution in [0.1, 0.15) is 19.3 Å². The summed E-state index contributed by atoms with van der Waals surface area (Å²) in [4.78, 5) is 13.6. The molecule has 1 aliphatic heterocycles. The third-order valence-corrected chi connectivity index (χ3v) is 3.91. The van der Waals surface area contributed by atoms with Gasteiger partial charge in [-0.05, 0) is 45.9 Å². The number of nitrogens with zero attached hydrogens (tertiary/aromatic N) is 1. The Morgan fingerprint density at radius 2 is 2.00 bits per heavy atom. The highest BCUT2D eigenvalue weighted by atomic mass is 19.4. The molecule has 0 unspecified atom stereocenters. The van der Waals surface area contributed by atoms with Crippen molar-refractivity contribution in [2.45, 2.75) is 25.4 Å². The molecule has 0 spiro atoms. The van der Waals surface area contributed by atoms with Gasteiger partial charge in [-0.3, -0.25) is 9.69 Å². The van der Waals surface area contributed by atoms with Crippen LogP contribution in [-0.4, -0.2) is 70.5 Å². The van der Waals surface area contributed by atoms with E-state index in [9.17, 15) is 18.0 Å². The largest absolute Gasteiger partial charge is 0.401 e. The molecule has 1 rings (SSSR count). The number of methoxy groups -OCH3 is 1. The first kappa shape index (κ1) is 19.2. The maximum Gasteiger partial charge on any atom is 0.401 e. The number of carbonyl (C=O) groups excluding carboxylic acids is 1. The first-order valence-electron chi connectivity index (χ1n) is 7.52. The van der Waals surface area contributed by atoms with Crippen LogP contribution in [-0.2, 0) is 9.53 Å². The topological polar surface area (TPSA) is 53.6 Å². The molecule has 2 N–H and O–H groups in total. The summed E-state index contributed by atoms with van der Waals surface area (Å²) in [5, 5.41) is 6.05. The number of amides is 1. The average molecular weight is 325 g/mol. The van der Waals surface area contributed by atoms with Gasteiger partial charge in [0.2, 0.25) is 5.91 Å². The second-order valence-corrected chi connectivity index (χ2v) is 5.93. The van der Waals surface area contributed by atoms with Crippen LogP contribution < -0.4 is 10.6 Å². The molecule has 8 heteroatoms. The first-order chi connectivity index (χ1) is 10.3. The van der Waals surface area contributed by atoms with Gasteiger partial charge < -0.3 is 15.4 Å². The minimum Gasteiger partial charge on any atom is -0.384 e. The van der Waals surface area contributed by atoms with Gasteiger partial charge in [0, 0.05) is 13.7 Å². The highest BCUT2D eigenvalue weighted by Crippen LogP contribution is 2.29. The van der Waals surface area contributed by atoms with Gasteiger partial charge in [-0.1, -0.05) is 0 Å². The fourth-order valence-electron chi connectivity index (χ4n) is 2.74. The van der Waals surface area contributed by atoms with Crippen LogP contribution in [0.25, 0.3) is 0 Å². The van der Waals surface area contributed by atoms with E-state index < -0.39 is 18.1 Å². The molecule has 0 atom stereocenters. The van der Waals surface area contributed by atoms with E-state index in [2.05, 4.69) is 10.6 Å². The van der Waals surface area contributed by atoms with Gasteiger partial charge in [-0.15, -0.1) is 0 Å². The molecule has 1 fully saturated rings. The maximum absolute atomic E-state index is 12.4. The zero-order chi connectivity index (χ0) is 16.6. The van der Waals surface area contributed by atoms with Crippen LogP contribution in [0.2, 0.25) is 0 Å². The van der Waals surface area contributed by atoms with E-state index in [0.717, 1.165) is 13.1 Å². The zero-order valence-electron chi connectivity index (χ0n) is 13.3. The first-order valence-corrected chi connectivity index (χ1v) is 7.52. The quantitative estimate of drug-likeness (QED) is 0.654. The van der Waals surface area contributed by atoms with Crippen molar-refractivity contribution in [1.29, 1.82) is 0 Å². The van der Waals surface area contributed by atoms with Gasteiger partial charge in [-0.25, -0.2) is 0 Å². The van der Waals surface area contributed by atoms with E-state index >= 15 is 0 Å². The number of halogens is 3. The van der Waals surface area contributed by atoms with Crippen molar-refractivity contribution in [2.24, 2.45) is 5.41 Å². The van der Waals surface area contributed by atoms with E-state index in [1.807, 2.05) is 0 Å². The summed E-state index contributed by atoms with van der Waals surface area (Å²) in [5.41, 5.74) is -0.516. The molecule has 1 amide bonds. The molecular weight excluding hydrogens is 299 g/mol. The molecule has 5 nitrogen and oxygen atoms in total. The maximum atomic E-state index is 12.4. The minimum atomic E-state index is -4.18. The van der Waals surface area contributed by atoms with E-state index in [4.69, 9.17) is 4.74 Å². The number of rotatable bonds is 8. The summed E-state index contributed by atoms with van der Waals surface area (Å²) in [6.07, 6.45) is -2.28. The second-order valence-electron chi connectivity index (χ2n) is 5.93. The van der Waals surface area contributed by atoms with E-state index in [1.54, 1.807) is 7.11 Å². The van der Waals surface area contributed by atoms with Crippen LogP contribution in [0, 0.1) is 5.41 Å². The standard InChI is InChI=1S/C14H26F3N3O2/c1-20(10-14(15,16)17)9-3-6-19-12(21)13(11-22-2)4-7-18-8-5-13/h18H,3-11H2,1-2H3,(H,19,21). The summed E-state index contributed by atoms with van der Waals surface area (Å²) in [7, 11) is 3.00. The molecule has 1 heterocycles. The molecule has 0 radical (unpaired) electrons. The molecule has 22 heavy (non-hydrogen) atoms. The Labute approximate surface area is 129 Å². The van der Waals surface area contributed by atoms with Crippen molar-refractivity contribution in [1.82, 2.24) is 15.5 Å². The number of ether oxygens (including phenoxy) is 1. The molecule has 0 aliphatic carbocycles. The van der Waals surface area contributed by atoms with Crippen molar-refractivity contribution < 1.29 is 22.7 Å². The molecule has 1 aliphatic rings. The predicted molar refractivity (Wildman–Crippen MR) is 77.6 cm³/mol. The van der Waals surface area contributed by atoms with Crippen LogP contribution >= 0.6 is 0 Å². The van der Waals surface area contributed by atoms with Crippen molar-refractivity contribution in [3.05, 3.63) is 0 Å². The lowest BCUT2D eigenvalue weighted by atomic mass is 9.78. The second kappa shape index (κ2) is 8.69. The van der Waals surface area contributed by atoms with Crippen molar-refractivity contribution in [2.75, 3.05) is 53.5 Å². The lowest BCUT2D eigenvalue weighted by Gasteiger charge is -2.35. The predicted octanol–water partition coefficient (Wildman–Crippen LogP) is 1.00. The lowest BCUT2D eigenvalue weighted by molar-refractivity contribution is -0.143. The third kappa shape index (κ3) is 6.50. The highest BCUT2D eigenvalue weighted by molar-refractivity contribution is 5.82. The van der Waals surface area contributed by atoms with Crippen LogP contribution in [0.15, 0.2) is 0 Å². The Morgan fingerprint density at radius 1 is 1.36 bits per heavy atom. The normalized spacial score (nSPS) is 18.5. The van der Waals surface area contributed by atoms with Crippen molar-refractivity contribution in [3.8, 4) is 0 Å². The molecule has 130 valence electrons. The molecular formula is C14H26F3N3O2.